The summed E-state index contributed by atoms with van der Waals surface area (Å²) in [4.78, 5) is 11.8. The molecule has 17 heavy (non-hydrogen) atoms. The van der Waals surface area contributed by atoms with Crippen molar-refractivity contribution in [3.05, 3.63) is 24.2 Å². The Kier molecular flexibility index (Phi) is 4.20. The predicted octanol–water partition coefficient (Wildman–Crippen LogP) is 1.85. The third-order valence-electron chi connectivity index (χ3n) is 3.22. The molecule has 0 aliphatic carbocycles. The van der Waals surface area contributed by atoms with E-state index in [4.69, 9.17) is 4.42 Å². The van der Waals surface area contributed by atoms with E-state index in [1.807, 2.05) is 19.1 Å². The Bertz CT molecular complexity index is 342. The molecule has 1 aromatic rings. The molecule has 1 unspecified atom stereocenters. The van der Waals surface area contributed by atoms with Crippen molar-refractivity contribution < 1.29 is 9.21 Å². The Morgan fingerprint density at radius 2 is 2.59 bits per heavy atom. The summed E-state index contributed by atoms with van der Waals surface area (Å²) in [6.07, 6.45) is 4.56. The lowest BCUT2D eigenvalue weighted by Crippen LogP contribution is -2.34. The van der Waals surface area contributed by atoms with Crippen LogP contribution in [0.1, 0.15) is 38.0 Å². The first kappa shape index (κ1) is 12.2. The maximum Gasteiger partial charge on any atom is 0.220 e. The quantitative estimate of drug-likeness (QED) is 0.838. The van der Waals surface area contributed by atoms with Crippen LogP contribution in [0.5, 0.6) is 0 Å². The third-order valence-corrected chi connectivity index (χ3v) is 3.22. The molecule has 1 aromatic heterocycles. The van der Waals surface area contributed by atoms with E-state index < -0.39 is 0 Å². The fraction of sp³-hybridized carbons (Fsp3) is 0.615. The molecule has 1 saturated heterocycles. The predicted molar refractivity (Wildman–Crippen MR) is 65.5 cm³/mol. The van der Waals surface area contributed by atoms with Crippen LogP contribution in [-0.4, -0.2) is 19.0 Å². The monoisotopic (exact) mass is 236 g/mol. The van der Waals surface area contributed by atoms with Gasteiger partial charge in [-0.25, -0.2) is 0 Å². The van der Waals surface area contributed by atoms with E-state index in [0.29, 0.717) is 12.3 Å². The van der Waals surface area contributed by atoms with Crippen LogP contribution in [0.3, 0.4) is 0 Å². The number of amides is 1. The fourth-order valence-electron chi connectivity index (χ4n) is 2.27. The highest BCUT2D eigenvalue weighted by Crippen LogP contribution is 2.16. The maximum absolute atomic E-state index is 11.8. The van der Waals surface area contributed by atoms with Crippen molar-refractivity contribution in [1.29, 1.82) is 0 Å². The van der Waals surface area contributed by atoms with E-state index in [9.17, 15) is 4.79 Å². The summed E-state index contributed by atoms with van der Waals surface area (Å²) >= 11 is 0. The second-order valence-corrected chi connectivity index (χ2v) is 4.72. The maximum atomic E-state index is 11.8. The molecule has 1 amide bonds. The lowest BCUT2D eigenvalue weighted by atomic mass is 9.96. The molecule has 1 fully saturated rings. The van der Waals surface area contributed by atoms with Crippen molar-refractivity contribution >= 4 is 5.91 Å². The summed E-state index contributed by atoms with van der Waals surface area (Å²) in [5, 5.41) is 6.29. The van der Waals surface area contributed by atoms with Crippen LogP contribution in [0.15, 0.2) is 22.8 Å². The van der Waals surface area contributed by atoms with Gasteiger partial charge in [-0.3, -0.25) is 4.79 Å². The lowest BCUT2D eigenvalue weighted by molar-refractivity contribution is -0.122. The molecular formula is C13H20N2O2. The van der Waals surface area contributed by atoms with Gasteiger partial charge in [-0.1, -0.05) is 0 Å². The van der Waals surface area contributed by atoms with Crippen LogP contribution in [-0.2, 0) is 4.79 Å². The Balaban J connectivity index is 1.76. The van der Waals surface area contributed by atoms with Crippen LogP contribution >= 0.6 is 0 Å². The van der Waals surface area contributed by atoms with Crippen molar-refractivity contribution in [2.24, 2.45) is 5.92 Å². The first-order chi connectivity index (χ1) is 8.25. The van der Waals surface area contributed by atoms with Crippen molar-refractivity contribution in [2.45, 2.75) is 32.2 Å². The molecule has 2 heterocycles. The highest BCUT2D eigenvalue weighted by Gasteiger charge is 2.18. The average Bonchev–Trinajstić information content (AvgIpc) is 2.83. The van der Waals surface area contributed by atoms with E-state index in [1.165, 1.54) is 6.42 Å². The molecule has 94 valence electrons. The van der Waals surface area contributed by atoms with Crippen LogP contribution in [0.25, 0.3) is 0 Å². The number of hydrogen-bond acceptors (Lipinski definition) is 3. The van der Waals surface area contributed by atoms with E-state index in [0.717, 1.165) is 25.3 Å². The van der Waals surface area contributed by atoms with Crippen molar-refractivity contribution in [3.63, 3.8) is 0 Å². The number of nitrogens with one attached hydrogen (secondary N) is 2. The van der Waals surface area contributed by atoms with Gasteiger partial charge in [0.05, 0.1) is 12.3 Å². The number of hydrogen-bond donors (Lipinski definition) is 2. The lowest BCUT2D eigenvalue weighted by Gasteiger charge is -2.22. The summed E-state index contributed by atoms with van der Waals surface area (Å²) < 4.78 is 5.26. The fourth-order valence-corrected chi connectivity index (χ4v) is 2.27. The molecule has 2 N–H and O–H groups in total. The molecule has 0 saturated carbocycles. The minimum Gasteiger partial charge on any atom is -0.467 e. The van der Waals surface area contributed by atoms with Crippen LogP contribution < -0.4 is 10.6 Å². The van der Waals surface area contributed by atoms with Gasteiger partial charge in [0.25, 0.3) is 0 Å². The van der Waals surface area contributed by atoms with Crippen molar-refractivity contribution in [1.82, 2.24) is 10.6 Å². The number of carbonyl (C=O) groups excluding carboxylic acids is 1. The molecule has 4 nitrogen and oxygen atoms in total. The summed E-state index contributed by atoms with van der Waals surface area (Å²) in [6, 6.07) is 3.67. The minimum atomic E-state index is -0.0472. The smallest absolute Gasteiger partial charge is 0.220 e. The van der Waals surface area contributed by atoms with Crippen LogP contribution in [0.4, 0.5) is 0 Å². The first-order valence-electron chi connectivity index (χ1n) is 6.29. The second kappa shape index (κ2) is 5.87. The Hall–Kier alpha value is -1.29. The Morgan fingerprint density at radius 3 is 3.24 bits per heavy atom. The Labute approximate surface area is 102 Å². The standard InChI is InChI=1S/C13H20N2O2/c1-10(12-5-3-7-17-12)15-13(16)8-11-4-2-6-14-9-11/h3,5,7,10-11,14H,2,4,6,8-9H2,1H3,(H,15,16)/t10-,11?/m1/s1. The average molecular weight is 236 g/mol. The van der Waals surface area contributed by atoms with E-state index >= 15 is 0 Å². The SMILES string of the molecule is C[C@@H](NC(=O)CC1CCCNC1)c1ccco1. The van der Waals surface area contributed by atoms with Gasteiger partial charge in [0.15, 0.2) is 0 Å². The van der Waals surface area contributed by atoms with Crippen molar-refractivity contribution in [3.8, 4) is 0 Å². The molecule has 0 bridgehead atoms. The molecule has 0 radical (unpaired) electrons. The molecule has 0 spiro atoms. The van der Waals surface area contributed by atoms with E-state index in [-0.39, 0.29) is 11.9 Å². The normalized spacial score (nSPS) is 22.1. The summed E-state index contributed by atoms with van der Waals surface area (Å²) in [6.45, 7) is 3.99. The second-order valence-electron chi connectivity index (χ2n) is 4.72. The van der Waals surface area contributed by atoms with Gasteiger partial charge in [0.2, 0.25) is 5.91 Å². The zero-order valence-corrected chi connectivity index (χ0v) is 10.2. The molecule has 2 atom stereocenters. The summed E-state index contributed by atoms with van der Waals surface area (Å²) in [7, 11) is 0. The number of rotatable bonds is 4. The minimum absolute atomic E-state index is 0.0472. The highest BCUT2D eigenvalue weighted by molar-refractivity contribution is 5.76. The molecule has 1 aliphatic heterocycles. The van der Waals surface area contributed by atoms with E-state index in [1.54, 1.807) is 6.26 Å². The molecule has 4 heteroatoms. The highest BCUT2D eigenvalue weighted by atomic mass is 16.3. The first-order valence-corrected chi connectivity index (χ1v) is 6.29. The van der Waals surface area contributed by atoms with E-state index in [2.05, 4.69) is 10.6 Å². The topological polar surface area (TPSA) is 54.3 Å². The molecule has 0 aromatic carbocycles. The van der Waals surface area contributed by atoms with Gasteiger partial charge in [0, 0.05) is 6.42 Å². The Morgan fingerprint density at radius 1 is 1.71 bits per heavy atom. The summed E-state index contributed by atoms with van der Waals surface area (Å²) in [5.74, 6) is 1.40. The molecular weight excluding hydrogens is 216 g/mol. The van der Waals surface area contributed by atoms with Gasteiger partial charge in [-0.05, 0) is 50.9 Å². The van der Waals surface area contributed by atoms with Gasteiger partial charge >= 0.3 is 0 Å². The van der Waals surface area contributed by atoms with Crippen LogP contribution in [0.2, 0.25) is 0 Å². The van der Waals surface area contributed by atoms with Gasteiger partial charge in [-0.2, -0.15) is 0 Å². The number of furan rings is 1. The van der Waals surface area contributed by atoms with Gasteiger partial charge in [-0.15, -0.1) is 0 Å². The summed E-state index contributed by atoms with van der Waals surface area (Å²) in [5.41, 5.74) is 0. The van der Waals surface area contributed by atoms with Crippen LogP contribution in [0, 0.1) is 5.92 Å². The zero-order chi connectivity index (χ0) is 12.1. The largest absolute Gasteiger partial charge is 0.467 e. The third kappa shape index (κ3) is 3.60. The van der Waals surface area contributed by atoms with Gasteiger partial charge in [0.1, 0.15) is 5.76 Å². The van der Waals surface area contributed by atoms with Gasteiger partial charge < -0.3 is 15.1 Å². The zero-order valence-electron chi connectivity index (χ0n) is 10.2. The molecule has 2 rings (SSSR count). The van der Waals surface area contributed by atoms with Crippen molar-refractivity contribution in [2.75, 3.05) is 13.1 Å². The number of piperidine rings is 1. The molecule has 1 aliphatic rings. The number of carbonyl (C=O) groups is 1.